The molecule has 1 amide bonds. The summed E-state index contributed by atoms with van der Waals surface area (Å²) in [4.78, 5) is 12.3. The van der Waals surface area contributed by atoms with Gasteiger partial charge in [0.2, 0.25) is 5.91 Å². The second-order valence-electron chi connectivity index (χ2n) is 4.67. The second-order valence-corrected chi connectivity index (χ2v) is 5.08. The Labute approximate surface area is 120 Å². The highest BCUT2D eigenvalue weighted by molar-refractivity contribution is 6.34. The number of benzene rings is 1. The lowest BCUT2D eigenvalue weighted by molar-refractivity contribution is -0.118. The SMILES string of the molecule is CCCC[C@H](NCC)C(=O)Nc1c(C)cccc1Cl. The van der Waals surface area contributed by atoms with Gasteiger partial charge in [0.15, 0.2) is 0 Å². The zero-order chi connectivity index (χ0) is 14.3. The fourth-order valence-electron chi connectivity index (χ4n) is 1.98. The third-order valence-corrected chi connectivity index (χ3v) is 3.40. The fraction of sp³-hybridized carbons (Fsp3) is 0.533. The number of nitrogens with one attached hydrogen (secondary N) is 2. The number of likely N-dealkylation sites (N-methyl/N-ethyl adjacent to an activating group) is 1. The van der Waals surface area contributed by atoms with Gasteiger partial charge < -0.3 is 10.6 Å². The molecule has 0 saturated carbocycles. The summed E-state index contributed by atoms with van der Waals surface area (Å²) in [5.74, 6) is -0.00787. The van der Waals surface area contributed by atoms with E-state index in [1.807, 2.05) is 26.0 Å². The molecule has 4 heteroatoms. The first-order valence-corrected chi connectivity index (χ1v) is 7.27. The Bertz CT molecular complexity index is 400. The standard InChI is InChI=1S/C15H23ClN2O/c1-4-6-10-13(17-5-2)15(19)18-14-11(3)8-7-9-12(14)16/h7-9,13,17H,4-6,10H2,1-3H3,(H,18,19)/t13-/m0/s1. The Balaban J connectivity index is 2.75. The summed E-state index contributed by atoms with van der Waals surface area (Å²) < 4.78 is 0. The van der Waals surface area contributed by atoms with Gasteiger partial charge >= 0.3 is 0 Å². The molecule has 1 rings (SSSR count). The number of halogens is 1. The van der Waals surface area contributed by atoms with Crippen molar-refractivity contribution in [3.8, 4) is 0 Å². The topological polar surface area (TPSA) is 41.1 Å². The lowest BCUT2D eigenvalue weighted by Crippen LogP contribution is -2.40. The number of unbranched alkanes of at least 4 members (excludes halogenated alkanes) is 1. The predicted molar refractivity (Wildman–Crippen MR) is 81.8 cm³/mol. The first kappa shape index (κ1) is 16.0. The van der Waals surface area contributed by atoms with Gasteiger partial charge in [0.1, 0.15) is 0 Å². The van der Waals surface area contributed by atoms with Crippen molar-refractivity contribution in [1.29, 1.82) is 0 Å². The number of carbonyl (C=O) groups is 1. The van der Waals surface area contributed by atoms with E-state index in [9.17, 15) is 4.79 Å². The lowest BCUT2D eigenvalue weighted by Gasteiger charge is -2.18. The van der Waals surface area contributed by atoms with E-state index in [1.165, 1.54) is 0 Å². The molecule has 2 N–H and O–H groups in total. The summed E-state index contributed by atoms with van der Waals surface area (Å²) in [5.41, 5.74) is 1.69. The first-order valence-electron chi connectivity index (χ1n) is 6.89. The largest absolute Gasteiger partial charge is 0.323 e. The number of amides is 1. The zero-order valence-corrected chi connectivity index (χ0v) is 12.7. The third-order valence-electron chi connectivity index (χ3n) is 3.08. The molecule has 0 aliphatic heterocycles. The van der Waals surface area contributed by atoms with Crippen LogP contribution in [0.1, 0.15) is 38.7 Å². The Kier molecular flexibility index (Phi) is 6.89. The van der Waals surface area contributed by atoms with Crippen LogP contribution in [0.15, 0.2) is 18.2 Å². The van der Waals surface area contributed by atoms with Gasteiger partial charge in [0, 0.05) is 0 Å². The van der Waals surface area contributed by atoms with Crippen LogP contribution in [0.3, 0.4) is 0 Å². The zero-order valence-electron chi connectivity index (χ0n) is 11.9. The maximum Gasteiger partial charge on any atom is 0.241 e. The smallest absolute Gasteiger partial charge is 0.241 e. The molecule has 0 aliphatic carbocycles. The van der Waals surface area contributed by atoms with Gasteiger partial charge in [-0.3, -0.25) is 4.79 Å². The molecule has 0 unspecified atom stereocenters. The Morgan fingerprint density at radius 2 is 2.11 bits per heavy atom. The quantitative estimate of drug-likeness (QED) is 0.799. The average Bonchev–Trinajstić information content (AvgIpc) is 2.38. The van der Waals surface area contributed by atoms with Crippen LogP contribution in [0.2, 0.25) is 5.02 Å². The minimum Gasteiger partial charge on any atom is -0.323 e. The Morgan fingerprint density at radius 3 is 2.68 bits per heavy atom. The van der Waals surface area contributed by atoms with E-state index in [4.69, 9.17) is 11.6 Å². The van der Waals surface area contributed by atoms with Crippen molar-refractivity contribution in [2.24, 2.45) is 0 Å². The molecule has 1 atom stereocenters. The van der Waals surface area contributed by atoms with E-state index >= 15 is 0 Å². The van der Waals surface area contributed by atoms with Crippen molar-refractivity contribution in [3.63, 3.8) is 0 Å². The summed E-state index contributed by atoms with van der Waals surface area (Å²) in [5, 5.41) is 6.74. The molecule has 19 heavy (non-hydrogen) atoms. The lowest BCUT2D eigenvalue weighted by atomic mass is 10.1. The van der Waals surface area contributed by atoms with E-state index < -0.39 is 0 Å². The molecule has 3 nitrogen and oxygen atoms in total. The summed E-state index contributed by atoms with van der Waals surface area (Å²) >= 11 is 6.12. The summed E-state index contributed by atoms with van der Waals surface area (Å²) in [6.45, 7) is 6.85. The molecule has 0 aliphatic rings. The molecule has 0 radical (unpaired) electrons. The van der Waals surface area contributed by atoms with E-state index in [2.05, 4.69) is 17.6 Å². The molecular formula is C15H23ClN2O. The number of hydrogen-bond donors (Lipinski definition) is 2. The van der Waals surface area contributed by atoms with Gasteiger partial charge in [-0.05, 0) is 31.5 Å². The van der Waals surface area contributed by atoms with Crippen LogP contribution in [0, 0.1) is 6.92 Å². The normalized spacial score (nSPS) is 12.2. The van der Waals surface area contributed by atoms with Crippen molar-refractivity contribution in [2.45, 2.75) is 46.1 Å². The molecule has 1 aromatic rings. The van der Waals surface area contributed by atoms with Gasteiger partial charge in [0.05, 0.1) is 16.8 Å². The second kappa shape index (κ2) is 8.18. The summed E-state index contributed by atoms with van der Waals surface area (Å²) in [7, 11) is 0. The predicted octanol–water partition coefficient (Wildman–Crippen LogP) is 3.76. The fourth-order valence-corrected chi connectivity index (χ4v) is 2.25. The highest BCUT2D eigenvalue weighted by atomic mass is 35.5. The molecule has 106 valence electrons. The number of aryl methyl sites for hydroxylation is 1. The Hall–Kier alpha value is -1.06. The minimum absolute atomic E-state index is 0.00787. The maximum atomic E-state index is 12.3. The number of anilines is 1. The minimum atomic E-state index is -0.152. The van der Waals surface area contributed by atoms with Gasteiger partial charge in [0.25, 0.3) is 0 Å². The van der Waals surface area contributed by atoms with E-state index in [-0.39, 0.29) is 11.9 Å². The maximum absolute atomic E-state index is 12.3. The number of hydrogen-bond acceptors (Lipinski definition) is 2. The van der Waals surface area contributed by atoms with Gasteiger partial charge in [-0.2, -0.15) is 0 Å². The van der Waals surface area contributed by atoms with Crippen molar-refractivity contribution in [3.05, 3.63) is 28.8 Å². The number of para-hydroxylation sites is 1. The van der Waals surface area contributed by atoms with Crippen molar-refractivity contribution in [1.82, 2.24) is 5.32 Å². The molecular weight excluding hydrogens is 260 g/mol. The highest BCUT2D eigenvalue weighted by Crippen LogP contribution is 2.25. The molecule has 1 aromatic carbocycles. The molecule has 0 spiro atoms. The third kappa shape index (κ3) is 4.84. The molecule has 0 bridgehead atoms. The molecule has 0 fully saturated rings. The molecule has 0 aromatic heterocycles. The average molecular weight is 283 g/mol. The number of carbonyl (C=O) groups excluding carboxylic acids is 1. The van der Waals surface area contributed by atoms with Crippen molar-refractivity contribution in [2.75, 3.05) is 11.9 Å². The van der Waals surface area contributed by atoms with Crippen molar-refractivity contribution >= 4 is 23.2 Å². The summed E-state index contributed by atoms with van der Waals surface area (Å²) in [6.07, 6.45) is 2.96. The van der Waals surface area contributed by atoms with E-state index in [1.54, 1.807) is 6.07 Å². The first-order chi connectivity index (χ1) is 9.10. The van der Waals surface area contributed by atoms with Crippen LogP contribution >= 0.6 is 11.6 Å². The number of rotatable bonds is 7. The van der Waals surface area contributed by atoms with Crippen LogP contribution in [0.5, 0.6) is 0 Å². The molecule has 0 saturated heterocycles. The monoisotopic (exact) mass is 282 g/mol. The molecule has 0 heterocycles. The van der Waals surface area contributed by atoms with Gasteiger partial charge in [-0.25, -0.2) is 0 Å². The van der Waals surface area contributed by atoms with Gasteiger partial charge in [-0.15, -0.1) is 0 Å². The van der Waals surface area contributed by atoms with Crippen molar-refractivity contribution < 1.29 is 4.79 Å². The van der Waals surface area contributed by atoms with Crippen LogP contribution in [0.4, 0.5) is 5.69 Å². The van der Waals surface area contributed by atoms with Crippen LogP contribution in [-0.4, -0.2) is 18.5 Å². The van der Waals surface area contributed by atoms with Crippen LogP contribution in [-0.2, 0) is 4.79 Å². The van der Waals surface area contributed by atoms with E-state index in [0.29, 0.717) is 10.7 Å². The van der Waals surface area contributed by atoms with Crippen LogP contribution in [0.25, 0.3) is 0 Å². The van der Waals surface area contributed by atoms with Crippen LogP contribution < -0.4 is 10.6 Å². The summed E-state index contributed by atoms with van der Waals surface area (Å²) in [6, 6.07) is 5.46. The highest BCUT2D eigenvalue weighted by Gasteiger charge is 2.18. The van der Waals surface area contributed by atoms with E-state index in [0.717, 1.165) is 31.4 Å². The Morgan fingerprint density at radius 1 is 1.37 bits per heavy atom. The van der Waals surface area contributed by atoms with Gasteiger partial charge in [-0.1, -0.05) is 50.4 Å².